The standard InChI is InChI=1S/C77H132O17P2/c1-5-9-13-17-21-25-29-32-35-38-42-45-49-53-57-61-74(79)87-67-72(93-76(81)63-59-55-51-47-41-28-24-20-16-12-8-4)69-91-95(83,84)89-65-71(78)66-90-96(85,86)92-70-73(94-77(82)64-60-56-52-48-44-40-37-34-31-27-23-19-15-11-7-3)68-88-75(80)62-58-54-50-46-43-39-36-33-30-26-22-18-14-10-6-2/h10-11,14-15,22-23,26-27,32-37,43,46,54,58,71-73,78H,5-9,12-13,16-21,24-25,28-31,38-42,44-45,47-53,55-57,59-70H2,1-4H3,(H,83,84)(H,85,86)/b14-10-,15-11-,26-22-,27-23-,35-32-,36-33-,37-34-,46-43-,58-54-. The van der Waals surface area contributed by atoms with Gasteiger partial charge < -0.3 is 33.8 Å². The first-order valence-corrected chi connectivity index (χ1v) is 40.1. The van der Waals surface area contributed by atoms with Gasteiger partial charge in [-0.1, -0.05) is 272 Å². The molecule has 96 heavy (non-hydrogen) atoms. The summed E-state index contributed by atoms with van der Waals surface area (Å²) in [6.07, 6.45) is 72.6. The molecule has 5 unspecified atom stereocenters. The minimum absolute atomic E-state index is 0.0546. The summed E-state index contributed by atoms with van der Waals surface area (Å²) >= 11 is 0. The normalized spacial score (nSPS) is 14.6. The van der Waals surface area contributed by atoms with Gasteiger partial charge in [0, 0.05) is 19.3 Å². The van der Waals surface area contributed by atoms with E-state index in [0.29, 0.717) is 25.7 Å². The van der Waals surface area contributed by atoms with Crippen molar-refractivity contribution in [3.8, 4) is 0 Å². The number of carbonyl (C=O) groups excluding carboxylic acids is 4. The first-order chi connectivity index (χ1) is 46.7. The summed E-state index contributed by atoms with van der Waals surface area (Å²) < 4.78 is 68.2. The Labute approximate surface area is 581 Å². The molecule has 0 saturated heterocycles. The minimum Gasteiger partial charge on any atom is -0.462 e. The third-order valence-electron chi connectivity index (χ3n) is 15.3. The number of aliphatic hydroxyl groups excluding tert-OH is 1. The Kier molecular flexibility index (Phi) is 66.1. The van der Waals surface area contributed by atoms with Gasteiger partial charge in [0.1, 0.15) is 19.3 Å². The van der Waals surface area contributed by atoms with Crippen LogP contribution in [0, 0.1) is 0 Å². The molecule has 0 aliphatic rings. The fourth-order valence-electron chi connectivity index (χ4n) is 9.65. The Morgan fingerprint density at radius 3 is 0.938 bits per heavy atom. The van der Waals surface area contributed by atoms with Crippen molar-refractivity contribution in [1.82, 2.24) is 0 Å². The third-order valence-corrected chi connectivity index (χ3v) is 17.2. The fourth-order valence-corrected chi connectivity index (χ4v) is 11.2. The predicted molar refractivity (Wildman–Crippen MR) is 390 cm³/mol. The molecule has 0 fully saturated rings. The average molecular weight is 1390 g/mol. The number of allylic oxidation sites excluding steroid dienone is 17. The maximum atomic E-state index is 13.0. The van der Waals surface area contributed by atoms with Crippen LogP contribution in [0.15, 0.2) is 109 Å². The predicted octanol–water partition coefficient (Wildman–Crippen LogP) is 21.0. The second kappa shape index (κ2) is 69.2. The van der Waals surface area contributed by atoms with E-state index in [4.69, 9.17) is 37.0 Å². The van der Waals surface area contributed by atoms with E-state index in [0.717, 1.165) is 141 Å². The van der Waals surface area contributed by atoms with Gasteiger partial charge in [0.15, 0.2) is 12.2 Å². The number of hydrogen-bond acceptors (Lipinski definition) is 15. The molecule has 17 nitrogen and oxygen atoms in total. The average Bonchev–Trinajstić information content (AvgIpc) is 1.09. The smallest absolute Gasteiger partial charge is 0.462 e. The molecule has 0 heterocycles. The molecule has 19 heteroatoms. The first-order valence-electron chi connectivity index (χ1n) is 37.1. The van der Waals surface area contributed by atoms with Crippen molar-refractivity contribution in [2.45, 2.75) is 316 Å². The van der Waals surface area contributed by atoms with E-state index in [2.05, 4.69) is 113 Å². The SMILES string of the molecule is CC/C=C\C/C=C\C/C=C\C/C=C\C/C=C\CC(=O)OCC(COP(=O)(O)OCC(O)COP(=O)(O)OCC(COC(=O)CCCCCCC/C=C\CCCCCCCC)OC(=O)CCCCCCCCCCCCC)OC(=O)CCCCCCC/C=C\C/C=C\C/C=C\CC. The van der Waals surface area contributed by atoms with Crippen molar-refractivity contribution in [2.24, 2.45) is 0 Å². The van der Waals surface area contributed by atoms with Gasteiger partial charge in [-0.15, -0.1) is 0 Å². The van der Waals surface area contributed by atoms with Crippen LogP contribution in [0.5, 0.6) is 0 Å². The molecule has 0 saturated carbocycles. The summed E-state index contributed by atoms with van der Waals surface area (Å²) in [5, 5.41) is 10.6. The van der Waals surface area contributed by atoms with Gasteiger partial charge in [-0.25, -0.2) is 9.13 Å². The van der Waals surface area contributed by atoms with Gasteiger partial charge in [0.05, 0.1) is 32.8 Å². The van der Waals surface area contributed by atoms with E-state index < -0.39 is 97.5 Å². The lowest BCUT2D eigenvalue weighted by Crippen LogP contribution is -2.30. The van der Waals surface area contributed by atoms with Crippen molar-refractivity contribution < 1.29 is 80.2 Å². The lowest BCUT2D eigenvalue weighted by atomic mass is 10.1. The molecular formula is C77H132O17P2. The van der Waals surface area contributed by atoms with Crippen LogP contribution in [0.4, 0.5) is 0 Å². The van der Waals surface area contributed by atoms with E-state index in [1.807, 2.05) is 18.2 Å². The zero-order valence-electron chi connectivity index (χ0n) is 60.0. The summed E-state index contributed by atoms with van der Waals surface area (Å²) in [4.78, 5) is 72.6. The molecule has 0 aromatic rings. The number of phosphoric ester groups is 2. The summed E-state index contributed by atoms with van der Waals surface area (Å²) in [6, 6.07) is 0. The van der Waals surface area contributed by atoms with Crippen molar-refractivity contribution in [1.29, 1.82) is 0 Å². The molecule has 0 rings (SSSR count). The number of unbranched alkanes of at least 4 members (excludes halogenated alkanes) is 26. The molecule has 0 bridgehead atoms. The molecule has 0 amide bonds. The molecule has 3 N–H and O–H groups in total. The van der Waals surface area contributed by atoms with E-state index >= 15 is 0 Å². The third kappa shape index (κ3) is 68.3. The fraction of sp³-hybridized carbons (Fsp3) is 0.714. The van der Waals surface area contributed by atoms with Gasteiger partial charge in [-0.2, -0.15) is 0 Å². The maximum Gasteiger partial charge on any atom is 0.472 e. The lowest BCUT2D eigenvalue weighted by Gasteiger charge is -2.21. The summed E-state index contributed by atoms with van der Waals surface area (Å²) in [7, 11) is -9.97. The lowest BCUT2D eigenvalue weighted by molar-refractivity contribution is -0.161. The van der Waals surface area contributed by atoms with E-state index in [1.165, 1.54) is 77.0 Å². The summed E-state index contributed by atoms with van der Waals surface area (Å²) in [5.41, 5.74) is 0. The molecular weight excluding hydrogens is 1260 g/mol. The van der Waals surface area contributed by atoms with Crippen LogP contribution in [0.2, 0.25) is 0 Å². The highest BCUT2D eigenvalue weighted by molar-refractivity contribution is 7.47. The number of rotatable bonds is 69. The number of phosphoric acid groups is 2. The second-order valence-electron chi connectivity index (χ2n) is 24.5. The molecule has 0 aliphatic heterocycles. The van der Waals surface area contributed by atoms with Crippen LogP contribution in [0.1, 0.15) is 297 Å². The second-order valence-corrected chi connectivity index (χ2v) is 27.4. The Hall–Kier alpha value is -4.28. The highest BCUT2D eigenvalue weighted by Gasteiger charge is 2.30. The number of hydrogen-bond donors (Lipinski definition) is 3. The van der Waals surface area contributed by atoms with Crippen LogP contribution in [0.25, 0.3) is 0 Å². The molecule has 552 valence electrons. The molecule has 0 radical (unpaired) electrons. The summed E-state index contributed by atoms with van der Waals surface area (Å²) in [6.45, 7) is 4.49. The van der Waals surface area contributed by atoms with Gasteiger partial charge in [0.2, 0.25) is 0 Å². The monoisotopic (exact) mass is 1390 g/mol. The Morgan fingerprint density at radius 2 is 0.583 bits per heavy atom. The topological polar surface area (TPSA) is 237 Å². The maximum absolute atomic E-state index is 13.0. The van der Waals surface area contributed by atoms with Gasteiger partial charge in [0.25, 0.3) is 0 Å². The molecule has 0 aromatic carbocycles. The van der Waals surface area contributed by atoms with Crippen LogP contribution < -0.4 is 0 Å². The van der Waals surface area contributed by atoms with Gasteiger partial charge in [-0.05, 0) is 109 Å². The first kappa shape index (κ1) is 91.7. The Morgan fingerprint density at radius 1 is 0.312 bits per heavy atom. The van der Waals surface area contributed by atoms with Crippen molar-refractivity contribution in [2.75, 3.05) is 39.6 Å². The highest BCUT2D eigenvalue weighted by Crippen LogP contribution is 2.45. The number of aliphatic hydroxyl groups is 1. The molecule has 5 atom stereocenters. The van der Waals surface area contributed by atoms with Gasteiger partial charge >= 0.3 is 39.5 Å². The zero-order valence-corrected chi connectivity index (χ0v) is 61.8. The number of esters is 4. The summed E-state index contributed by atoms with van der Waals surface area (Å²) in [5.74, 6) is -2.34. The van der Waals surface area contributed by atoms with E-state index in [-0.39, 0.29) is 25.7 Å². The Balaban J connectivity index is 5.40. The van der Waals surface area contributed by atoms with Crippen molar-refractivity contribution in [3.05, 3.63) is 109 Å². The van der Waals surface area contributed by atoms with Crippen LogP contribution >= 0.6 is 15.6 Å². The van der Waals surface area contributed by atoms with Crippen molar-refractivity contribution >= 4 is 39.5 Å². The van der Waals surface area contributed by atoms with Crippen LogP contribution in [-0.4, -0.2) is 96.7 Å². The molecule has 0 aliphatic carbocycles. The molecule has 0 spiro atoms. The van der Waals surface area contributed by atoms with Crippen molar-refractivity contribution in [3.63, 3.8) is 0 Å². The van der Waals surface area contributed by atoms with E-state index in [9.17, 15) is 43.2 Å². The quantitative estimate of drug-likeness (QED) is 0.0169. The molecule has 0 aromatic heterocycles. The number of carbonyl (C=O) groups is 4. The van der Waals surface area contributed by atoms with E-state index in [1.54, 1.807) is 6.08 Å². The zero-order chi connectivity index (χ0) is 70.4. The largest absolute Gasteiger partial charge is 0.472 e. The number of ether oxygens (including phenoxy) is 4. The van der Waals surface area contributed by atoms with Crippen LogP contribution in [-0.2, 0) is 65.4 Å². The highest BCUT2D eigenvalue weighted by atomic mass is 31.2. The van der Waals surface area contributed by atoms with Crippen LogP contribution in [0.3, 0.4) is 0 Å². The minimum atomic E-state index is -5.00. The van der Waals surface area contributed by atoms with Gasteiger partial charge in [-0.3, -0.25) is 37.3 Å². The Bertz CT molecular complexity index is 2250.